The summed E-state index contributed by atoms with van der Waals surface area (Å²) in [7, 11) is 0. The lowest BCUT2D eigenvalue weighted by Gasteiger charge is -2.21. The first-order chi connectivity index (χ1) is 14.9. The van der Waals surface area contributed by atoms with Gasteiger partial charge in [-0.25, -0.2) is 0 Å². The molecule has 0 saturated carbocycles. The summed E-state index contributed by atoms with van der Waals surface area (Å²) in [4.78, 5) is 14.6. The number of H-pyrrole nitrogens is 1. The molecule has 0 bridgehead atoms. The summed E-state index contributed by atoms with van der Waals surface area (Å²) in [6, 6.07) is 22.0. The summed E-state index contributed by atoms with van der Waals surface area (Å²) in [5.41, 5.74) is 11.8. The number of carboxylic acids is 1. The van der Waals surface area contributed by atoms with Gasteiger partial charge in [0.15, 0.2) is 5.75 Å². The van der Waals surface area contributed by atoms with Gasteiger partial charge < -0.3 is 20.6 Å². The lowest BCUT2D eigenvalue weighted by Crippen LogP contribution is -2.13. The molecule has 0 saturated heterocycles. The van der Waals surface area contributed by atoms with E-state index in [4.69, 9.17) is 10.5 Å². The number of aromatic amines is 1. The second-order valence-electron chi connectivity index (χ2n) is 7.96. The predicted octanol–water partition coefficient (Wildman–Crippen LogP) is 5.82. The molecule has 0 aliphatic rings. The van der Waals surface area contributed by atoms with Crippen molar-refractivity contribution in [3.8, 4) is 16.9 Å². The third kappa shape index (κ3) is 4.40. The summed E-state index contributed by atoms with van der Waals surface area (Å²) < 4.78 is 6.37. The minimum absolute atomic E-state index is 0.193. The van der Waals surface area contributed by atoms with Gasteiger partial charge in [0.25, 0.3) is 0 Å². The first kappa shape index (κ1) is 20.5. The largest absolute Gasteiger partial charge is 0.483 e. The highest BCUT2D eigenvalue weighted by Crippen LogP contribution is 2.40. The number of nitrogens with one attached hydrogen (secondary N) is 1. The van der Waals surface area contributed by atoms with Crippen molar-refractivity contribution in [3.05, 3.63) is 84.1 Å². The van der Waals surface area contributed by atoms with Crippen molar-refractivity contribution >= 4 is 22.6 Å². The molecule has 3 aromatic carbocycles. The van der Waals surface area contributed by atoms with Crippen LogP contribution in [0, 0.1) is 5.92 Å². The molecule has 31 heavy (non-hydrogen) atoms. The number of aliphatic carboxylic acids is 1. The SMILES string of the molecule is CC(Cc1cc(N)c(OC(C)c2ccccc2)c(-c2ccc3[nH]ccc3c2)c1)C(=O)O. The van der Waals surface area contributed by atoms with E-state index in [9.17, 15) is 9.90 Å². The fraction of sp³-hybridized carbons (Fsp3) is 0.192. The second kappa shape index (κ2) is 8.56. The Hall–Kier alpha value is -3.73. The number of carbonyl (C=O) groups is 1. The van der Waals surface area contributed by atoms with Crippen LogP contribution < -0.4 is 10.5 Å². The van der Waals surface area contributed by atoms with E-state index < -0.39 is 11.9 Å². The van der Waals surface area contributed by atoms with Crippen molar-refractivity contribution in [2.75, 3.05) is 5.73 Å². The molecule has 0 aliphatic carbocycles. The molecule has 4 aromatic rings. The maximum atomic E-state index is 11.4. The number of ether oxygens (including phenoxy) is 1. The van der Waals surface area contributed by atoms with Crippen molar-refractivity contribution in [2.24, 2.45) is 5.92 Å². The van der Waals surface area contributed by atoms with Gasteiger partial charge in [-0.05, 0) is 65.8 Å². The summed E-state index contributed by atoms with van der Waals surface area (Å²) in [6.45, 7) is 3.69. The second-order valence-corrected chi connectivity index (χ2v) is 7.96. The lowest BCUT2D eigenvalue weighted by atomic mass is 9.94. The van der Waals surface area contributed by atoms with Crippen LogP contribution in [-0.2, 0) is 11.2 Å². The van der Waals surface area contributed by atoms with Crippen LogP contribution in [0.25, 0.3) is 22.0 Å². The Balaban J connectivity index is 1.79. The molecule has 5 nitrogen and oxygen atoms in total. The topological polar surface area (TPSA) is 88.3 Å². The fourth-order valence-electron chi connectivity index (χ4n) is 3.81. The van der Waals surface area contributed by atoms with Gasteiger partial charge in [-0.15, -0.1) is 0 Å². The normalized spacial score (nSPS) is 13.1. The van der Waals surface area contributed by atoms with Crippen LogP contribution in [0.2, 0.25) is 0 Å². The van der Waals surface area contributed by atoms with E-state index >= 15 is 0 Å². The zero-order chi connectivity index (χ0) is 22.0. The summed E-state index contributed by atoms with van der Waals surface area (Å²) in [5.74, 6) is -0.723. The zero-order valence-electron chi connectivity index (χ0n) is 17.6. The average Bonchev–Trinajstić information content (AvgIpc) is 3.23. The predicted molar refractivity (Wildman–Crippen MR) is 124 cm³/mol. The van der Waals surface area contributed by atoms with Crippen molar-refractivity contribution in [3.63, 3.8) is 0 Å². The van der Waals surface area contributed by atoms with Crippen molar-refractivity contribution in [2.45, 2.75) is 26.4 Å². The smallest absolute Gasteiger partial charge is 0.306 e. The molecule has 0 fully saturated rings. The Morgan fingerprint density at radius 1 is 1.06 bits per heavy atom. The molecule has 158 valence electrons. The van der Waals surface area contributed by atoms with Crippen LogP contribution in [0.5, 0.6) is 5.75 Å². The molecule has 2 unspecified atom stereocenters. The first-order valence-corrected chi connectivity index (χ1v) is 10.4. The van der Waals surface area contributed by atoms with Gasteiger partial charge in [0, 0.05) is 17.3 Å². The number of anilines is 1. The number of aromatic nitrogens is 1. The van der Waals surface area contributed by atoms with Crippen LogP contribution in [0.4, 0.5) is 5.69 Å². The molecule has 0 radical (unpaired) electrons. The number of rotatable bonds is 7. The number of benzene rings is 3. The molecular weight excluding hydrogens is 388 g/mol. The van der Waals surface area contributed by atoms with Crippen molar-refractivity contribution < 1.29 is 14.6 Å². The quantitative estimate of drug-likeness (QED) is 0.332. The van der Waals surface area contributed by atoms with Crippen molar-refractivity contribution in [1.29, 1.82) is 0 Å². The number of fused-ring (bicyclic) bond motifs is 1. The van der Waals surface area contributed by atoms with Gasteiger partial charge in [-0.3, -0.25) is 4.79 Å². The molecule has 4 N–H and O–H groups in total. The third-order valence-electron chi connectivity index (χ3n) is 5.57. The van der Waals surface area contributed by atoms with E-state index in [1.807, 2.05) is 73.8 Å². The summed E-state index contributed by atoms with van der Waals surface area (Å²) >= 11 is 0. The van der Waals surface area contributed by atoms with Gasteiger partial charge in [0.2, 0.25) is 0 Å². The number of carboxylic acid groups (broad SMARTS) is 1. The minimum Gasteiger partial charge on any atom is -0.483 e. The summed E-state index contributed by atoms with van der Waals surface area (Å²) in [5, 5.41) is 10.4. The van der Waals surface area contributed by atoms with Gasteiger partial charge >= 0.3 is 5.97 Å². The number of hydrogen-bond acceptors (Lipinski definition) is 3. The molecule has 4 rings (SSSR count). The maximum Gasteiger partial charge on any atom is 0.306 e. The standard InChI is InChI=1S/C26H26N2O3/c1-16(26(29)30)12-18-13-22(20-8-9-24-21(15-20)10-11-28-24)25(23(27)14-18)31-17(2)19-6-4-3-5-7-19/h3-11,13-17,28H,12,27H2,1-2H3,(H,29,30). The van der Waals surface area contributed by atoms with E-state index in [1.54, 1.807) is 6.92 Å². The zero-order valence-corrected chi connectivity index (χ0v) is 17.6. The first-order valence-electron chi connectivity index (χ1n) is 10.4. The molecule has 5 heteroatoms. The number of nitrogen functional groups attached to an aromatic ring is 1. The highest BCUT2D eigenvalue weighted by molar-refractivity contribution is 5.88. The van der Waals surface area contributed by atoms with E-state index in [0.29, 0.717) is 17.9 Å². The Morgan fingerprint density at radius 2 is 1.84 bits per heavy atom. The van der Waals surface area contributed by atoms with Crippen LogP contribution >= 0.6 is 0 Å². The molecule has 0 aliphatic heterocycles. The Labute approximate surface area is 181 Å². The van der Waals surface area contributed by atoms with E-state index in [1.165, 1.54) is 0 Å². The van der Waals surface area contributed by atoms with E-state index in [-0.39, 0.29) is 6.10 Å². The molecule has 0 spiro atoms. The Bertz CT molecular complexity index is 1210. The van der Waals surface area contributed by atoms with Crippen LogP contribution in [0.3, 0.4) is 0 Å². The highest BCUT2D eigenvalue weighted by Gasteiger charge is 2.19. The Kier molecular flexibility index (Phi) is 5.67. The van der Waals surface area contributed by atoms with Crippen LogP contribution in [0.1, 0.15) is 31.1 Å². The molecule has 1 heterocycles. The monoisotopic (exact) mass is 414 g/mol. The summed E-state index contributed by atoms with van der Waals surface area (Å²) in [6.07, 6.45) is 2.11. The van der Waals surface area contributed by atoms with Gasteiger partial charge in [0.05, 0.1) is 11.6 Å². The minimum atomic E-state index is -0.827. The van der Waals surface area contributed by atoms with E-state index in [2.05, 4.69) is 11.1 Å². The van der Waals surface area contributed by atoms with Gasteiger partial charge in [-0.1, -0.05) is 43.3 Å². The van der Waals surface area contributed by atoms with Gasteiger partial charge in [0.1, 0.15) is 6.10 Å². The maximum absolute atomic E-state index is 11.4. The Morgan fingerprint density at radius 3 is 2.58 bits per heavy atom. The van der Waals surface area contributed by atoms with Gasteiger partial charge in [-0.2, -0.15) is 0 Å². The fourth-order valence-corrected chi connectivity index (χ4v) is 3.81. The molecule has 2 atom stereocenters. The molecular formula is C26H26N2O3. The van der Waals surface area contributed by atoms with Crippen LogP contribution in [0.15, 0.2) is 72.9 Å². The lowest BCUT2D eigenvalue weighted by molar-refractivity contribution is -0.141. The molecule has 0 amide bonds. The highest BCUT2D eigenvalue weighted by atomic mass is 16.5. The third-order valence-corrected chi connectivity index (χ3v) is 5.57. The number of nitrogens with two attached hydrogens (primary N) is 1. The van der Waals surface area contributed by atoms with E-state index in [0.717, 1.165) is 33.2 Å². The van der Waals surface area contributed by atoms with Crippen LogP contribution in [-0.4, -0.2) is 16.1 Å². The molecule has 1 aromatic heterocycles. The average molecular weight is 415 g/mol. The van der Waals surface area contributed by atoms with Crippen molar-refractivity contribution in [1.82, 2.24) is 4.98 Å². The number of hydrogen-bond donors (Lipinski definition) is 3.